The van der Waals surface area contributed by atoms with E-state index in [1.807, 2.05) is 12.1 Å². The van der Waals surface area contributed by atoms with Crippen molar-refractivity contribution in [2.24, 2.45) is 0 Å². The molecule has 1 fully saturated rings. The molecule has 3 aromatic rings. The van der Waals surface area contributed by atoms with Crippen molar-refractivity contribution in [3.8, 4) is 11.4 Å². The molecule has 0 radical (unpaired) electrons. The van der Waals surface area contributed by atoms with Gasteiger partial charge in [0.1, 0.15) is 5.82 Å². The Morgan fingerprint density at radius 3 is 2.34 bits per heavy atom. The van der Waals surface area contributed by atoms with Gasteiger partial charge in [-0.2, -0.15) is 9.97 Å². The molecule has 2 aromatic heterocycles. The number of nitrogens with one attached hydrogen (secondary N) is 2. The van der Waals surface area contributed by atoms with Crippen LogP contribution in [0.25, 0.3) is 11.4 Å². The van der Waals surface area contributed by atoms with Crippen molar-refractivity contribution in [1.29, 1.82) is 0 Å². The van der Waals surface area contributed by atoms with Gasteiger partial charge in [-0.15, -0.1) is 0 Å². The van der Waals surface area contributed by atoms with Gasteiger partial charge in [-0.3, -0.25) is 4.98 Å². The molecule has 0 saturated carbocycles. The number of pyridine rings is 1. The maximum absolute atomic E-state index is 12.2. The number of aryl methyl sites for hydroxylation is 1. The van der Waals surface area contributed by atoms with E-state index in [0.29, 0.717) is 55.0 Å². The highest BCUT2D eigenvalue weighted by molar-refractivity contribution is 5.99. The number of morpholine rings is 1. The second-order valence-electron chi connectivity index (χ2n) is 7.19. The van der Waals surface area contributed by atoms with Gasteiger partial charge in [0.25, 0.3) is 0 Å². The van der Waals surface area contributed by atoms with Gasteiger partial charge in [-0.1, -0.05) is 0 Å². The predicted octanol–water partition coefficient (Wildman–Crippen LogP) is 2.34. The third kappa shape index (κ3) is 5.74. The zero-order chi connectivity index (χ0) is 22.2. The number of anilines is 3. The van der Waals surface area contributed by atoms with Gasteiger partial charge in [0, 0.05) is 55.4 Å². The standard InChI is InChI=1S/C22H25N7O3/c30-13-1-2-19-26-20(28-21(27-19)29-11-14-32-15-12-29)16-3-5-17(6-4-16)24-22(31)25-18-7-9-23-10-8-18/h3-10,30H,1-2,11-15H2,(H2,23,24,25,31). The fourth-order valence-corrected chi connectivity index (χ4v) is 3.22. The lowest BCUT2D eigenvalue weighted by Crippen LogP contribution is -2.37. The number of urea groups is 1. The van der Waals surface area contributed by atoms with Crippen LogP contribution >= 0.6 is 0 Å². The van der Waals surface area contributed by atoms with E-state index < -0.39 is 0 Å². The summed E-state index contributed by atoms with van der Waals surface area (Å²) in [5.41, 5.74) is 2.11. The van der Waals surface area contributed by atoms with Gasteiger partial charge in [-0.05, 0) is 42.8 Å². The van der Waals surface area contributed by atoms with Gasteiger partial charge in [0.2, 0.25) is 5.95 Å². The number of carbonyl (C=O) groups excluding carboxylic acids is 1. The fourth-order valence-electron chi connectivity index (χ4n) is 3.22. The van der Waals surface area contributed by atoms with Crippen LogP contribution in [0.15, 0.2) is 48.8 Å². The molecule has 0 aliphatic carbocycles. The van der Waals surface area contributed by atoms with E-state index >= 15 is 0 Å². The largest absolute Gasteiger partial charge is 0.396 e. The summed E-state index contributed by atoms with van der Waals surface area (Å²) < 4.78 is 5.42. The third-order valence-corrected chi connectivity index (χ3v) is 4.86. The number of nitrogens with zero attached hydrogens (tertiary/aromatic N) is 5. The SMILES string of the molecule is O=C(Nc1ccncc1)Nc1ccc(-c2nc(CCCO)nc(N3CCOCC3)n2)cc1. The van der Waals surface area contributed by atoms with E-state index in [-0.39, 0.29) is 12.6 Å². The zero-order valence-corrected chi connectivity index (χ0v) is 17.6. The molecule has 0 unspecified atom stereocenters. The first-order valence-electron chi connectivity index (χ1n) is 10.5. The van der Waals surface area contributed by atoms with Crippen molar-refractivity contribution in [3.63, 3.8) is 0 Å². The molecular formula is C22H25N7O3. The van der Waals surface area contributed by atoms with Crippen LogP contribution in [-0.2, 0) is 11.2 Å². The molecule has 32 heavy (non-hydrogen) atoms. The summed E-state index contributed by atoms with van der Waals surface area (Å²) in [6.45, 7) is 2.79. The van der Waals surface area contributed by atoms with Crippen molar-refractivity contribution >= 4 is 23.4 Å². The van der Waals surface area contributed by atoms with Crippen LogP contribution in [0.4, 0.5) is 22.1 Å². The Bertz CT molecular complexity index is 1030. The molecule has 2 amide bonds. The first-order valence-corrected chi connectivity index (χ1v) is 10.5. The van der Waals surface area contributed by atoms with Crippen LogP contribution in [0.5, 0.6) is 0 Å². The molecule has 1 aliphatic rings. The molecule has 3 N–H and O–H groups in total. The van der Waals surface area contributed by atoms with Crippen LogP contribution in [-0.4, -0.2) is 64.0 Å². The molecular weight excluding hydrogens is 410 g/mol. The van der Waals surface area contributed by atoms with Crippen LogP contribution in [0.2, 0.25) is 0 Å². The molecule has 10 nitrogen and oxygen atoms in total. The first kappa shape index (κ1) is 21.6. The normalized spacial score (nSPS) is 13.6. The lowest BCUT2D eigenvalue weighted by Gasteiger charge is -2.27. The average molecular weight is 435 g/mol. The molecule has 0 spiro atoms. The Morgan fingerprint density at radius 1 is 0.969 bits per heavy atom. The van der Waals surface area contributed by atoms with E-state index in [4.69, 9.17) is 4.74 Å². The maximum Gasteiger partial charge on any atom is 0.323 e. The number of aromatic nitrogens is 4. The number of amides is 2. The predicted molar refractivity (Wildman–Crippen MR) is 121 cm³/mol. The van der Waals surface area contributed by atoms with Crippen molar-refractivity contribution in [2.45, 2.75) is 12.8 Å². The van der Waals surface area contributed by atoms with E-state index in [1.165, 1.54) is 0 Å². The van der Waals surface area contributed by atoms with Crippen LogP contribution in [0.1, 0.15) is 12.2 Å². The molecule has 3 heterocycles. The van der Waals surface area contributed by atoms with E-state index in [0.717, 1.165) is 18.7 Å². The zero-order valence-electron chi connectivity index (χ0n) is 17.6. The van der Waals surface area contributed by atoms with Crippen molar-refractivity contribution in [3.05, 3.63) is 54.6 Å². The topological polar surface area (TPSA) is 125 Å². The summed E-state index contributed by atoms with van der Waals surface area (Å²) in [6, 6.07) is 10.4. The van der Waals surface area contributed by atoms with E-state index in [2.05, 4.69) is 35.5 Å². The molecule has 10 heteroatoms. The van der Waals surface area contributed by atoms with Gasteiger partial charge in [-0.25, -0.2) is 9.78 Å². The van der Waals surface area contributed by atoms with Crippen LogP contribution in [0, 0.1) is 0 Å². The average Bonchev–Trinajstić information content (AvgIpc) is 2.84. The number of aliphatic hydroxyl groups excluding tert-OH is 1. The second kappa shape index (κ2) is 10.6. The summed E-state index contributed by atoms with van der Waals surface area (Å²) >= 11 is 0. The van der Waals surface area contributed by atoms with Gasteiger partial charge >= 0.3 is 6.03 Å². The summed E-state index contributed by atoms with van der Waals surface area (Å²) in [7, 11) is 0. The highest BCUT2D eigenvalue weighted by Crippen LogP contribution is 2.21. The molecule has 1 aliphatic heterocycles. The highest BCUT2D eigenvalue weighted by Gasteiger charge is 2.17. The Morgan fingerprint density at radius 2 is 1.66 bits per heavy atom. The fraction of sp³-hybridized carbons (Fsp3) is 0.318. The quantitative estimate of drug-likeness (QED) is 0.516. The lowest BCUT2D eigenvalue weighted by atomic mass is 10.2. The molecule has 166 valence electrons. The Kier molecular flexibility index (Phi) is 7.15. The number of ether oxygens (including phenoxy) is 1. The number of hydrogen-bond donors (Lipinski definition) is 3. The minimum atomic E-state index is -0.343. The number of aliphatic hydroxyl groups is 1. The molecule has 0 bridgehead atoms. The van der Waals surface area contributed by atoms with Crippen molar-refractivity contribution in [1.82, 2.24) is 19.9 Å². The molecule has 4 rings (SSSR count). The Hall–Kier alpha value is -3.63. The van der Waals surface area contributed by atoms with Crippen LogP contribution in [0.3, 0.4) is 0 Å². The van der Waals surface area contributed by atoms with Crippen molar-refractivity contribution in [2.75, 3.05) is 48.4 Å². The Balaban J connectivity index is 1.50. The minimum absolute atomic E-state index is 0.0792. The monoisotopic (exact) mass is 435 g/mol. The number of hydrogen-bond acceptors (Lipinski definition) is 8. The third-order valence-electron chi connectivity index (χ3n) is 4.86. The molecule has 0 atom stereocenters. The minimum Gasteiger partial charge on any atom is -0.396 e. The number of benzene rings is 1. The summed E-state index contributed by atoms with van der Waals surface area (Å²) in [6.07, 6.45) is 4.37. The number of rotatable bonds is 7. The first-order chi connectivity index (χ1) is 15.7. The van der Waals surface area contributed by atoms with Gasteiger partial charge in [0.05, 0.1) is 13.2 Å². The summed E-state index contributed by atoms with van der Waals surface area (Å²) in [5, 5.41) is 14.7. The summed E-state index contributed by atoms with van der Waals surface area (Å²) in [5.74, 6) is 1.82. The molecule has 1 aromatic carbocycles. The highest BCUT2D eigenvalue weighted by atomic mass is 16.5. The van der Waals surface area contributed by atoms with Gasteiger partial charge < -0.3 is 25.4 Å². The smallest absolute Gasteiger partial charge is 0.323 e. The summed E-state index contributed by atoms with van der Waals surface area (Å²) in [4.78, 5) is 32.0. The van der Waals surface area contributed by atoms with E-state index in [9.17, 15) is 9.90 Å². The number of carbonyl (C=O) groups is 1. The van der Waals surface area contributed by atoms with Gasteiger partial charge in [0.15, 0.2) is 5.82 Å². The maximum atomic E-state index is 12.2. The van der Waals surface area contributed by atoms with Crippen molar-refractivity contribution < 1.29 is 14.6 Å². The molecule has 1 saturated heterocycles. The lowest BCUT2D eigenvalue weighted by molar-refractivity contribution is 0.122. The Labute approximate surface area is 185 Å². The second-order valence-corrected chi connectivity index (χ2v) is 7.19. The van der Waals surface area contributed by atoms with E-state index in [1.54, 1.807) is 36.7 Å². The van der Waals surface area contributed by atoms with Crippen LogP contribution < -0.4 is 15.5 Å².